The summed E-state index contributed by atoms with van der Waals surface area (Å²) in [6.45, 7) is 6.83. The van der Waals surface area contributed by atoms with Crippen molar-refractivity contribution >= 4 is 17.7 Å². The molecule has 24 heavy (non-hydrogen) atoms. The highest BCUT2D eigenvalue weighted by Crippen LogP contribution is 2.12. The van der Waals surface area contributed by atoms with Gasteiger partial charge in [0.2, 0.25) is 5.95 Å². The molecule has 8 nitrogen and oxygen atoms in total. The number of hydrogen-bond donors (Lipinski definition) is 1. The molecule has 1 aliphatic heterocycles. The molecule has 3 rings (SSSR count). The first-order chi connectivity index (χ1) is 11.8. The third kappa shape index (κ3) is 3.65. The first-order valence-corrected chi connectivity index (χ1v) is 7.77. The summed E-state index contributed by atoms with van der Waals surface area (Å²) >= 11 is 0. The van der Waals surface area contributed by atoms with Gasteiger partial charge in [0.25, 0.3) is 5.91 Å². The van der Waals surface area contributed by atoms with Crippen molar-refractivity contribution in [2.24, 2.45) is 0 Å². The van der Waals surface area contributed by atoms with Crippen molar-refractivity contribution in [1.29, 1.82) is 0 Å². The molecule has 1 fully saturated rings. The van der Waals surface area contributed by atoms with Crippen molar-refractivity contribution in [2.75, 3.05) is 42.9 Å². The van der Waals surface area contributed by atoms with Gasteiger partial charge >= 0.3 is 0 Å². The molecule has 1 saturated heterocycles. The van der Waals surface area contributed by atoms with Gasteiger partial charge in [-0.3, -0.25) is 4.79 Å². The Morgan fingerprint density at radius 3 is 2.54 bits per heavy atom. The predicted octanol–water partition coefficient (Wildman–Crippen LogP) is 0.827. The van der Waals surface area contributed by atoms with E-state index in [0.717, 1.165) is 0 Å². The number of amides is 1. The molecule has 0 saturated carbocycles. The van der Waals surface area contributed by atoms with Crippen LogP contribution < -0.4 is 10.2 Å². The SMILES string of the molecule is C=CCNc1ccc(C(=O)N2CCN(c3ncccn3)CC2)nn1. The zero-order valence-corrected chi connectivity index (χ0v) is 13.3. The van der Waals surface area contributed by atoms with E-state index in [0.29, 0.717) is 50.2 Å². The summed E-state index contributed by atoms with van der Waals surface area (Å²) in [5.74, 6) is 1.21. The lowest BCUT2D eigenvalue weighted by atomic mass is 10.2. The quantitative estimate of drug-likeness (QED) is 0.815. The van der Waals surface area contributed by atoms with Gasteiger partial charge in [-0.05, 0) is 18.2 Å². The van der Waals surface area contributed by atoms with Crippen molar-refractivity contribution in [3.8, 4) is 0 Å². The highest BCUT2D eigenvalue weighted by Gasteiger charge is 2.24. The van der Waals surface area contributed by atoms with Gasteiger partial charge in [-0.2, -0.15) is 0 Å². The maximum Gasteiger partial charge on any atom is 0.274 e. The molecule has 0 bridgehead atoms. The normalized spacial score (nSPS) is 14.3. The Labute approximate surface area is 140 Å². The molecule has 0 radical (unpaired) electrons. The number of aromatic nitrogens is 4. The van der Waals surface area contributed by atoms with E-state index in [4.69, 9.17) is 0 Å². The van der Waals surface area contributed by atoms with Crippen molar-refractivity contribution in [3.63, 3.8) is 0 Å². The molecule has 0 spiro atoms. The molecule has 0 unspecified atom stereocenters. The van der Waals surface area contributed by atoms with E-state index in [-0.39, 0.29) is 5.91 Å². The molecule has 0 atom stereocenters. The lowest BCUT2D eigenvalue weighted by Crippen LogP contribution is -2.49. The maximum absolute atomic E-state index is 12.5. The van der Waals surface area contributed by atoms with E-state index < -0.39 is 0 Å². The summed E-state index contributed by atoms with van der Waals surface area (Å²) in [6, 6.07) is 5.22. The fourth-order valence-electron chi connectivity index (χ4n) is 2.44. The minimum atomic E-state index is -0.105. The minimum Gasteiger partial charge on any atom is -0.365 e. The number of nitrogens with one attached hydrogen (secondary N) is 1. The molecule has 0 aromatic carbocycles. The Kier molecular flexibility index (Phi) is 4.95. The summed E-state index contributed by atoms with van der Waals surface area (Å²) in [5.41, 5.74) is 0.351. The van der Waals surface area contributed by atoms with Crippen molar-refractivity contribution in [3.05, 3.63) is 48.9 Å². The number of rotatable bonds is 5. The molecule has 124 valence electrons. The van der Waals surface area contributed by atoms with Gasteiger partial charge in [-0.15, -0.1) is 16.8 Å². The predicted molar refractivity (Wildman–Crippen MR) is 90.9 cm³/mol. The van der Waals surface area contributed by atoms with Gasteiger partial charge in [-0.1, -0.05) is 6.08 Å². The average molecular weight is 325 g/mol. The van der Waals surface area contributed by atoms with Gasteiger partial charge in [0.05, 0.1) is 0 Å². The first-order valence-electron chi connectivity index (χ1n) is 7.77. The summed E-state index contributed by atoms with van der Waals surface area (Å²) in [7, 11) is 0. The average Bonchev–Trinajstić information content (AvgIpc) is 2.67. The molecular weight excluding hydrogens is 306 g/mol. The number of anilines is 2. The van der Waals surface area contributed by atoms with E-state index in [2.05, 4.69) is 37.0 Å². The lowest BCUT2D eigenvalue weighted by molar-refractivity contribution is 0.0739. The largest absolute Gasteiger partial charge is 0.365 e. The van der Waals surface area contributed by atoms with Gasteiger partial charge in [0.1, 0.15) is 5.82 Å². The van der Waals surface area contributed by atoms with Crippen molar-refractivity contribution < 1.29 is 4.79 Å². The van der Waals surface area contributed by atoms with Crippen molar-refractivity contribution in [1.82, 2.24) is 25.1 Å². The van der Waals surface area contributed by atoms with Gasteiger partial charge in [0.15, 0.2) is 5.69 Å². The zero-order valence-electron chi connectivity index (χ0n) is 13.3. The summed E-state index contributed by atoms with van der Waals surface area (Å²) < 4.78 is 0. The van der Waals surface area contributed by atoms with Crippen LogP contribution in [0, 0.1) is 0 Å². The summed E-state index contributed by atoms with van der Waals surface area (Å²) in [5, 5.41) is 11.0. The van der Waals surface area contributed by atoms with Crippen LogP contribution in [-0.2, 0) is 0 Å². The van der Waals surface area contributed by atoms with Gasteiger partial charge in [-0.25, -0.2) is 9.97 Å². The van der Waals surface area contributed by atoms with E-state index in [1.165, 1.54) is 0 Å². The molecule has 1 aliphatic rings. The summed E-state index contributed by atoms with van der Waals surface area (Å²) in [4.78, 5) is 24.8. The minimum absolute atomic E-state index is 0.105. The van der Waals surface area contributed by atoms with Crippen molar-refractivity contribution in [2.45, 2.75) is 0 Å². The van der Waals surface area contributed by atoms with Crippen LogP contribution in [0.5, 0.6) is 0 Å². The van der Waals surface area contributed by atoms with E-state index in [1.807, 2.05) is 0 Å². The molecule has 2 aromatic rings. The third-order valence-corrected chi connectivity index (χ3v) is 3.71. The lowest BCUT2D eigenvalue weighted by Gasteiger charge is -2.34. The second-order valence-electron chi connectivity index (χ2n) is 5.30. The molecule has 0 aliphatic carbocycles. The topological polar surface area (TPSA) is 87.1 Å². The van der Waals surface area contributed by atoms with E-state index >= 15 is 0 Å². The molecule has 2 aromatic heterocycles. The third-order valence-electron chi connectivity index (χ3n) is 3.71. The highest BCUT2D eigenvalue weighted by molar-refractivity contribution is 5.92. The van der Waals surface area contributed by atoms with Crippen LogP contribution in [0.4, 0.5) is 11.8 Å². The van der Waals surface area contributed by atoms with Crippen LogP contribution in [0.2, 0.25) is 0 Å². The zero-order chi connectivity index (χ0) is 16.8. The van der Waals surface area contributed by atoms with E-state index in [9.17, 15) is 4.79 Å². The number of carbonyl (C=O) groups excluding carboxylic acids is 1. The Morgan fingerprint density at radius 1 is 1.17 bits per heavy atom. The van der Waals surface area contributed by atoms with Gasteiger partial charge in [0, 0.05) is 45.1 Å². The van der Waals surface area contributed by atoms with Crippen LogP contribution in [-0.4, -0.2) is 63.7 Å². The summed E-state index contributed by atoms with van der Waals surface area (Å²) in [6.07, 6.45) is 5.17. The molecular formula is C16H19N7O. The molecule has 1 amide bonds. The van der Waals surface area contributed by atoms with Crippen LogP contribution in [0.25, 0.3) is 0 Å². The second kappa shape index (κ2) is 7.49. The van der Waals surface area contributed by atoms with E-state index in [1.54, 1.807) is 41.6 Å². The fraction of sp³-hybridized carbons (Fsp3) is 0.312. The highest BCUT2D eigenvalue weighted by atomic mass is 16.2. The smallest absolute Gasteiger partial charge is 0.274 e. The van der Waals surface area contributed by atoms with Crippen LogP contribution in [0.3, 0.4) is 0 Å². The van der Waals surface area contributed by atoms with Crippen LogP contribution in [0.15, 0.2) is 43.2 Å². The monoisotopic (exact) mass is 325 g/mol. The molecule has 1 N–H and O–H groups in total. The number of carbonyl (C=O) groups is 1. The van der Waals surface area contributed by atoms with Crippen LogP contribution in [0.1, 0.15) is 10.5 Å². The second-order valence-corrected chi connectivity index (χ2v) is 5.30. The number of hydrogen-bond acceptors (Lipinski definition) is 7. The number of nitrogens with zero attached hydrogens (tertiary/aromatic N) is 6. The Hall–Kier alpha value is -3.03. The van der Waals surface area contributed by atoms with Crippen LogP contribution >= 0.6 is 0 Å². The first kappa shape index (κ1) is 15.9. The Bertz CT molecular complexity index is 681. The molecule has 3 heterocycles. The fourth-order valence-corrected chi connectivity index (χ4v) is 2.44. The Balaban J connectivity index is 1.58. The standard InChI is InChI=1S/C16H19N7O/c1-2-6-17-14-5-4-13(20-21-14)15(24)22-9-11-23(12-10-22)16-18-7-3-8-19-16/h2-5,7-8H,1,6,9-12H2,(H,17,21). The number of piperazine rings is 1. The molecule has 8 heteroatoms. The maximum atomic E-state index is 12.5. The van der Waals surface area contributed by atoms with Gasteiger partial charge < -0.3 is 15.1 Å². The Morgan fingerprint density at radius 2 is 1.92 bits per heavy atom.